The van der Waals surface area contributed by atoms with Crippen molar-refractivity contribution in [2.75, 3.05) is 13.1 Å². The maximum absolute atomic E-state index is 12.5. The Hall–Kier alpha value is -1.81. The third-order valence-electron chi connectivity index (χ3n) is 6.73. The SMILES string of the molecule is Cc1nnc(CC(=O)CC2CCC(CCN3CCc4sc(CCC(F)(F)F)nc4C3)CC2)o1. The lowest BCUT2D eigenvalue weighted by Gasteiger charge is -2.31. The third kappa shape index (κ3) is 7.34. The summed E-state index contributed by atoms with van der Waals surface area (Å²) < 4.78 is 42.8. The smallest absolute Gasteiger partial charge is 0.389 e. The van der Waals surface area contributed by atoms with Crippen molar-refractivity contribution in [3.63, 3.8) is 0 Å². The van der Waals surface area contributed by atoms with E-state index in [2.05, 4.69) is 20.1 Å². The Morgan fingerprint density at radius 1 is 1.18 bits per heavy atom. The van der Waals surface area contributed by atoms with E-state index >= 15 is 0 Å². The number of alkyl halides is 3. The maximum atomic E-state index is 12.5. The number of fused-ring (bicyclic) bond motifs is 1. The van der Waals surface area contributed by atoms with Crippen LogP contribution >= 0.6 is 11.3 Å². The fraction of sp³-hybridized carbons (Fsp3) is 0.739. The summed E-state index contributed by atoms with van der Waals surface area (Å²) in [5.41, 5.74) is 0.974. The predicted octanol–water partition coefficient (Wildman–Crippen LogP) is 5.09. The van der Waals surface area contributed by atoms with Crippen LogP contribution in [0.15, 0.2) is 4.42 Å². The molecule has 182 valence electrons. The van der Waals surface area contributed by atoms with Gasteiger partial charge in [0.25, 0.3) is 0 Å². The van der Waals surface area contributed by atoms with Gasteiger partial charge in [0.2, 0.25) is 11.8 Å². The Labute approximate surface area is 196 Å². The number of ketones is 1. The van der Waals surface area contributed by atoms with E-state index in [1.54, 1.807) is 6.92 Å². The molecule has 3 heterocycles. The molecule has 2 aromatic heterocycles. The molecule has 0 unspecified atom stereocenters. The van der Waals surface area contributed by atoms with Crippen LogP contribution in [-0.2, 0) is 30.6 Å². The van der Waals surface area contributed by atoms with E-state index in [1.165, 1.54) is 11.3 Å². The Morgan fingerprint density at radius 2 is 1.94 bits per heavy atom. The van der Waals surface area contributed by atoms with Gasteiger partial charge < -0.3 is 4.42 Å². The summed E-state index contributed by atoms with van der Waals surface area (Å²) in [6, 6.07) is 0. The van der Waals surface area contributed by atoms with Gasteiger partial charge in [0.15, 0.2) is 0 Å². The lowest BCUT2D eigenvalue weighted by atomic mass is 9.78. The number of halogens is 3. The minimum atomic E-state index is -4.13. The zero-order chi connectivity index (χ0) is 23.4. The van der Waals surface area contributed by atoms with Crippen LogP contribution in [0.2, 0.25) is 0 Å². The number of hydrogen-bond acceptors (Lipinski definition) is 7. The Morgan fingerprint density at radius 3 is 2.64 bits per heavy atom. The second-order valence-corrected chi connectivity index (χ2v) is 10.6. The van der Waals surface area contributed by atoms with Gasteiger partial charge in [0, 0.05) is 44.2 Å². The molecule has 2 aromatic rings. The van der Waals surface area contributed by atoms with Crippen molar-refractivity contribution in [3.8, 4) is 0 Å². The number of rotatable bonds is 9. The second-order valence-electron chi connectivity index (χ2n) is 9.43. The Balaban J connectivity index is 1.15. The maximum Gasteiger partial charge on any atom is 0.389 e. The van der Waals surface area contributed by atoms with Gasteiger partial charge in [-0.3, -0.25) is 9.69 Å². The van der Waals surface area contributed by atoms with E-state index in [1.807, 2.05) is 0 Å². The first-order valence-electron chi connectivity index (χ1n) is 11.8. The molecule has 0 saturated heterocycles. The summed E-state index contributed by atoms with van der Waals surface area (Å²) >= 11 is 1.45. The molecule has 0 radical (unpaired) electrons. The van der Waals surface area contributed by atoms with Crippen molar-refractivity contribution in [2.45, 2.75) is 83.9 Å². The minimum absolute atomic E-state index is 0.0124. The molecule has 0 aromatic carbocycles. The van der Waals surface area contributed by atoms with E-state index in [0.29, 0.717) is 35.0 Å². The van der Waals surface area contributed by atoms with Crippen LogP contribution in [0.1, 0.15) is 72.3 Å². The normalized spacial score (nSPS) is 21.8. The second kappa shape index (κ2) is 10.6. The van der Waals surface area contributed by atoms with Gasteiger partial charge in [-0.1, -0.05) is 12.8 Å². The third-order valence-corrected chi connectivity index (χ3v) is 7.94. The number of hydrogen-bond donors (Lipinski definition) is 0. The highest BCUT2D eigenvalue weighted by Gasteiger charge is 2.29. The molecule has 2 aliphatic rings. The van der Waals surface area contributed by atoms with Crippen LogP contribution in [0.25, 0.3) is 0 Å². The number of nitrogens with zero attached hydrogens (tertiary/aromatic N) is 4. The highest BCUT2D eigenvalue weighted by Crippen LogP contribution is 2.34. The largest absolute Gasteiger partial charge is 0.425 e. The molecule has 1 fully saturated rings. The van der Waals surface area contributed by atoms with Gasteiger partial charge in [-0.25, -0.2) is 4.98 Å². The molecule has 0 atom stereocenters. The number of aryl methyl sites for hydroxylation is 2. The van der Waals surface area contributed by atoms with Gasteiger partial charge in [0.1, 0.15) is 5.78 Å². The molecular formula is C23H31F3N4O2S. The summed E-state index contributed by atoms with van der Waals surface area (Å²) in [5, 5.41) is 8.28. The molecule has 0 spiro atoms. The van der Waals surface area contributed by atoms with Crippen LogP contribution < -0.4 is 0 Å². The molecular weight excluding hydrogens is 453 g/mol. The van der Waals surface area contributed by atoms with E-state index in [4.69, 9.17) is 4.42 Å². The molecule has 1 aliphatic carbocycles. The van der Waals surface area contributed by atoms with Crippen molar-refractivity contribution in [2.24, 2.45) is 11.8 Å². The monoisotopic (exact) mass is 484 g/mol. The van der Waals surface area contributed by atoms with Gasteiger partial charge in [0.05, 0.1) is 17.1 Å². The summed E-state index contributed by atoms with van der Waals surface area (Å²) in [6.07, 6.45) is 2.35. The molecule has 6 nitrogen and oxygen atoms in total. The molecule has 1 aliphatic heterocycles. The molecule has 4 rings (SSSR count). The standard InChI is InChI=1S/C23H31F3N4O2S/c1-15-28-29-21(32-15)13-18(31)12-17-4-2-16(3-5-17)7-10-30-11-8-20-19(14-30)27-22(33-20)6-9-23(24,25)26/h16-17H,2-14H2,1H3. The first-order chi connectivity index (χ1) is 15.7. The Bertz CT molecular complexity index is 935. The number of carbonyl (C=O) groups excluding carboxylic acids is 1. The fourth-order valence-corrected chi connectivity index (χ4v) is 5.98. The average Bonchev–Trinajstić information content (AvgIpc) is 3.36. The first kappa shape index (κ1) is 24.3. The number of aromatic nitrogens is 3. The number of carbonyl (C=O) groups is 1. The fourth-order valence-electron chi connectivity index (χ4n) is 4.91. The van der Waals surface area contributed by atoms with Gasteiger partial charge in [-0.2, -0.15) is 13.2 Å². The van der Waals surface area contributed by atoms with E-state index < -0.39 is 12.6 Å². The lowest BCUT2D eigenvalue weighted by molar-refractivity contribution is -0.134. The topological polar surface area (TPSA) is 72.1 Å². The summed E-state index contributed by atoms with van der Waals surface area (Å²) in [7, 11) is 0. The molecule has 33 heavy (non-hydrogen) atoms. The van der Waals surface area contributed by atoms with Crippen LogP contribution in [0.4, 0.5) is 13.2 Å². The van der Waals surface area contributed by atoms with Crippen LogP contribution in [0.3, 0.4) is 0 Å². The Kier molecular flexibility index (Phi) is 7.83. The average molecular weight is 485 g/mol. The van der Waals surface area contributed by atoms with E-state index in [-0.39, 0.29) is 18.6 Å². The molecule has 1 saturated carbocycles. The first-order valence-corrected chi connectivity index (χ1v) is 12.6. The molecule has 10 heteroatoms. The summed E-state index contributed by atoms with van der Waals surface area (Å²) in [5.74, 6) is 2.18. The van der Waals surface area contributed by atoms with Crippen molar-refractivity contribution in [1.29, 1.82) is 0 Å². The zero-order valence-electron chi connectivity index (χ0n) is 19.0. The molecule has 0 N–H and O–H groups in total. The minimum Gasteiger partial charge on any atom is -0.425 e. The van der Waals surface area contributed by atoms with E-state index in [9.17, 15) is 18.0 Å². The van der Waals surface area contributed by atoms with Crippen LogP contribution in [-0.4, -0.2) is 45.1 Å². The molecule has 0 bridgehead atoms. The summed E-state index contributed by atoms with van der Waals surface area (Å²) in [4.78, 5) is 20.3. The van der Waals surface area contributed by atoms with Gasteiger partial charge >= 0.3 is 6.18 Å². The van der Waals surface area contributed by atoms with Crippen LogP contribution in [0.5, 0.6) is 0 Å². The van der Waals surface area contributed by atoms with Gasteiger partial charge in [-0.05, 0) is 44.1 Å². The van der Waals surface area contributed by atoms with Gasteiger partial charge in [-0.15, -0.1) is 21.5 Å². The zero-order valence-corrected chi connectivity index (χ0v) is 19.8. The quantitative estimate of drug-likeness (QED) is 0.494. The van der Waals surface area contributed by atoms with E-state index in [0.717, 1.165) is 68.7 Å². The van der Waals surface area contributed by atoms with Crippen LogP contribution in [0, 0.1) is 18.8 Å². The van der Waals surface area contributed by atoms with Crippen molar-refractivity contribution < 1.29 is 22.4 Å². The van der Waals surface area contributed by atoms with Crippen molar-refractivity contribution in [1.82, 2.24) is 20.1 Å². The summed E-state index contributed by atoms with van der Waals surface area (Å²) in [6.45, 7) is 4.42. The number of Topliss-reactive ketones (excluding diaryl/α,β-unsaturated/α-hetero) is 1. The van der Waals surface area contributed by atoms with Crippen molar-refractivity contribution in [3.05, 3.63) is 27.4 Å². The highest BCUT2D eigenvalue weighted by molar-refractivity contribution is 7.11. The molecule has 0 amide bonds. The van der Waals surface area contributed by atoms with Crippen molar-refractivity contribution >= 4 is 17.1 Å². The predicted molar refractivity (Wildman–Crippen MR) is 118 cm³/mol. The number of thiazole rings is 1. The highest BCUT2D eigenvalue weighted by atomic mass is 32.1. The lowest BCUT2D eigenvalue weighted by Crippen LogP contribution is -2.32.